The average Bonchev–Trinajstić information content (AvgIpc) is 3.18. The van der Waals surface area contributed by atoms with Crippen LogP contribution in [0.4, 0.5) is 4.39 Å². The average molecular weight is 362 g/mol. The number of halogens is 1. The molecule has 1 atom stereocenters. The minimum atomic E-state index is -0.658. The third-order valence-electron chi connectivity index (χ3n) is 4.39. The lowest BCUT2D eigenvalue weighted by atomic mass is 10.2. The van der Waals surface area contributed by atoms with Crippen molar-refractivity contribution in [3.63, 3.8) is 0 Å². The highest BCUT2D eigenvalue weighted by Crippen LogP contribution is 2.11. The smallest absolute Gasteiger partial charge is 0.289 e. The second kappa shape index (κ2) is 8.93. The van der Waals surface area contributed by atoms with E-state index in [-0.39, 0.29) is 24.9 Å². The molecular formula is C19H23FN2O4. The lowest BCUT2D eigenvalue weighted by Crippen LogP contribution is -2.50. The molecule has 2 aromatic rings. The fourth-order valence-corrected chi connectivity index (χ4v) is 2.96. The summed E-state index contributed by atoms with van der Waals surface area (Å²) in [7, 11) is 0. The van der Waals surface area contributed by atoms with Crippen molar-refractivity contribution in [2.45, 2.75) is 12.7 Å². The zero-order valence-electron chi connectivity index (χ0n) is 14.5. The fourth-order valence-electron chi connectivity index (χ4n) is 2.96. The third-order valence-corrected chi connectivity index (χ3v) is 4.39. The molecule has 1 N–H and O–H groups in total. The summed E-state index contributed by atoms with van der Waals surface area (Å²) in [6.45, 7) is 3.26. The van der Waals surface area contributed by atoms with Gasteiger partial charge < -0.3 is 19.2 Å². The van der Waals surface area contributed by atoms with Crippen molar-refractivity contribution in [1.29, 1.82) is 0 Å². The number of nitrogens with zero attached hydrogens (tertiary/aromatic N) is 2. The van der Waals surface area contributed by atoms with Crippen molar-refractivity contribution in [3.8, 4) is 0 Å². The number of aliphatic hydroxyl groups is 1. The van der Waals surface area contributed by atoms with Crippen LogP contribution in [0.3, 0.4) is 0 Å². The normalized spacial score (nSPS) is 16.6. The molecule has 1 amide bonds. The molecule has 1 aliphatic rings. The van der Waals surface area contributed by atoms with Crippen molar-refractivity contribution in [2.75, 3.05) is 39.3 Å². The lowest BCUT2D eigenvalue weighted by Gasteiger charge is -2.35. The second-order valence-corrected chi connectivity index (χ2v) is 6.33. The van der Waals surface area contributed by atoms with Crippen LogP contribution in [0.1, 0.15) is 16.1 Å². The second-order valence-electron chi connectivity index (χ2n) is 6.33. The van der Waals surface area contributed by atoms with Gasteiger partial charge in [-0.2, -0.15) is 0 Å². The molecule has 1 fully saturated rings. The molecule has 1 saturated heterocycles. The molecule has 3 rings (SSSR count). The van der Waals surface area contributed by atoms with Crippen LogP contribution in [0, 0.1) is 5.82 Å². The van der Waals surface area contributed by atoms with Gasteiger partial charge in [0.1, 0.15) is 5.82 Å². The van der Waals surface area contributed by atoms with Crippen molar-refractivity contribution in [3.05, 3.63) is 59.8 Å². The summed E-state index contributed by atoms with van der Waals surface area (Å²) in [4.78, 5) is 16.0. The quantitative estimate of drug-likeness (QED) is 0.813. The topological polar surface area (TPSA) is 66.2 Å². The van der Waals surface area contributed by atoms with Crippen LogP contribution in [0.25, 0.3) is 0 Å². The number of amides is 1. The number of aliphatic hydroxyl groups excluding tert-OH is 1. The van der Waals surface area contributed by atoms with Crippen LogP contribution in [-0.2, 0) is 11.3 Å². The monoisotopic (exact) mass is 362 g/mol. The first-order chi connectivity index (χ1) is 12.6. The van der Waals surface area contributed by atoms with E-state index in [0.717, 1.165) is 0 Å². The van der Waals surface area contributed by atoms with Gasteiger partial charge in [0.15, 0.2) is 5.76 Å². The van der Waals surface area contributed by atoms with Crippen LogP contribution < -0.4 is 0 Å². The van der Waals surface area contributed by atoms with E-state index in [1.807, 2.05) is 0 Å². The third kappa shape index (κ3) is 4.91. The van der Waals surface area contributed by atoms with Crippen LogP contribution in [0.2, 0.25) is 0 Å². The number of hydrogen-bond acceptors (Lipinski definition) is 5. The Balaban J connectivity index is 1.36. The van der Waals surface area contributed by atoms with Crippen LogP contribution >= 0.6 is 0 Å². The number of benzene rings is 1. The number of piperazine rings is 1. The van der Waals surface area contributed by atoms with E-state index in [9.17, 15) is 14.3 Å². The largest absolute Gasteiger partial charge is 0.459 e. The van der Waals surface area contributed by atoms with E-state index >= 15 is 0 Å². The standard InChI is InChI=1S/C19H23FN2O4/c20-17-5-2-1-4-15(17)13-25-14-16(23)12-21-7-9-22(10-8-21)19(24)18-6-3-11-26-18/h1-6,11,16,23H,7-10,12-14H2. The molecule has 1 aromatic heterocycles. The number of ether oxygens (including phenoxy) is 1. The Morgan fingerprint density at radius 2 is 1.96 bits per heavy atom. The Labute approximate surface area is 151 Å². The molecule has 0 bridgehead atoms. The van der Waals surface area contributed by atoms with Crippen molar-refractivity contribution >= 4 is 5.91 Å². The maximum Gasteiger partial charge on any atom is 0.289 e. The van der Waals surface area contributed by atoms with Gasteiger partial charge in [0.05, 0.1) is 25.6 Å². The number of carbonyl (C=O) groups excluding carboxylic acids is 1. The summed E-state index contributed by atoms with van der Waals surface area (Å²) in [5.41, 5.74) is 0.477. The minimum absolute atomic E-state index is 0.108. The highest BCUT2D eigenvalue weighted by Gasteiger charge is 2.24. The summed E-state index contributed by atoms with van der Waals surface area (Å²) in [5.74, 6) is -0.0669. The predicted molar refractivity (Wildman–Crippen MR) is 93.1 cm³/mol. The molecule has 1 aromatic carbocycles. The maximum absolute atomic E-state index is 13.5. The van der Waals surface area contributed by atoms with Gasteiger partial charge in [0, 0.05) is 38.3 Å². The van der Waals surface area contributed by atoms with Gasteiger partial charge >= 0.3 is 0 Å². The van der Waals surface area contributed by atoms with Crippen LogP contribution in [-0.4, -0.2) is 66.2 Å². The summed E-state index contributed by atoms with van der Waals surface area (Å²) in [5, 5.41) is 10.1. The fraction of sp³-hybridized carbons (Fsp3) is 0.421. The molecule has 140 valence electrons. The van der Waals surface area contributed by atoms with Gasteiger partial charge in [-0.05, 0) is 18.2 Å². The molecule has 7 heteroatoms. The highest BCUT2D eigenvalue weighted by atomic mass is 19.1. The van der Waals surface area contributed by atoms with Crippen molar-refractivity contribution < 1.29 is 23.4 Å². The SMILES string of the molecule is O=C(c1ccco1)N1CCN(CC(O)COCc2ccccc2F)CC1. The molecule has 0 aliphatic carbocycles. The highest BCUT2D eigenvalue weighted by molar-refractivity contribution is 5.91. The first kappa shape index (κ1) is 18.6. The molecule has 0 saturated carbocycles. The minimum Gasteiger partial charge on any atom is -0.459 e. The molecule has 6 nitrogen and oxygen atoms in total. The van der Waals surface area contributed by atoms with E-state index in [4.69, 9.17) is 9.15 Å². The van der Waals surface area contributed by atoms with Gasteiger partial charge in [0.25, 0.3) is 5.91 Å². The zero-order valence-corrected chi connectivity index (χ0v) is 14.5. The number of carbonyl (C=O) groups is 1. The Morgan fingerprint density at radius 3 is 2.65 bits per heavy atom. The summed E-state index contributed by atoms with van der Waals surface area (Å²) < 4.78 is 24.1. The predicted octanol–water partition coefficient (Wildman–Crippen LogP) is 1.75. The van der Waals surface area contributed by atoms with Crippen LogP contribution in [0.15, 0.2) is 47.1 Å². The first-order valence-electron chi connectivity index (χ1n) is 8.68. The molecule has 1 aliphatic heterocycles. The number of β-amino-alcohol motifs (C(OH)–C–C–N with tert-alkyl or cyclic N) is 1. The molecular weight excluding hydrogens is 339 g/mol. The van der Waals surface area contributed by atoms with Crippen molar-refractivity contribution in [2.24, 2.45) is 0 Å². The van der Waals surface area contributed by atoms with Crippen molar-refractivity contribution in [1.82, 2.24) is 9.80 Å². The van der Waals surface area contributed by atoms with Gasteiger partial charge in [-0.3, -0.25) is 9.69 Å². The molecule has 2 heterocycles. The Hall–Kier alpha value is -2.22. The van der Waals surface area contributed by atoms with Gasteiger partial charge in [0.2, 0.25) is 0 Å². The summed E-state index contributed by atoms with van der Waals surface area (Å²) >= 11 is 0. The summed E-state index contributed by atoms with van der Waals surface area (Å²) in [6.07, 6.45) is 0.829. The molecule has 1 unspecified atom stereocenters. The van der Waals surface area contributed by atoms with Crippen LogP contribution in [0.5, 0.6) is 0 Å². The number of furan rings is 1. The van der Waals surface area contributed by atoms with Gasteiger partial charge in [-0.1, -0.05) is 18.2 Å². The van der Waals surface area contributed by atoms with E-state index in [0.29, 0.717) is 44.0 Å². The first-order valence-corrected chi connectivity index (χ1v) is 8.68. The van der Waals surface area contributed by atoms with E-state index < -0.39 is 6.10 Å². The molecule has 0 spiro atoms. The number of hydrogen-bond donors (Lipinski definition) is 1. The summed E-state index contributed by atoms with van der Waals surface area (Å²) in [6, 6.07) is 9.79. The Kier molecular flexibility index (Phi) is 6.38. The molecule has 0 radical (unpaired) electrons. The van der Waals surface area contributed by atoms with Gasteiger partial charge in [-0.25, -0.2) is 4.39 Å². The Morgan fingerprint density at radius 1 is 1.19 bits per heavy atom. The van der Waals surface area contributed by atoms with E-state index in [1.165, 1.54) is 12.3 Å². The molecule has 26 heavy (non-hydrogen) atoms. The van der Waals surface area contributed by atoms with E-state index in [2.05, 4.69) is 4.90 Å². The van der Waals surface area contributed by atoms with E-state index in [1.54, 1.807) is 35.2 Å². The lowest BCUT2D eigenvalue weighted by molar-refractivity contribution is 0.00118. The zero-order chi connectivity index (χ0) is 18.4. The number of rotatable bonds is 7. The van der Waals surface area contributed by atoms with Gasteiger partial charge in [-0.15, -0.1) is 0 Å². The maximum atomic E-state index is 13.5. The Bertz CT molecular complexity index is 699.